The van der Waals surface area contributed by atoms with Crippen LogP contribution in [0.3, 0.4) is 0 Å². The third kappa shape index (κ3) is 5.14. The molecule has 1 aliphatic heterocycles. The van der Waals surface area contributed by atoms with E-state index in [1.807, 2.05) is 25.1 Å². The van der Waals surface area contributed by atoms with Crippen LogP contribution in [0.25, 0.3) is 0 Å². The lowest BCUT2D eigenvalue weighted by Gasteiger charge is -2.33. The van der Waals surface area contributed by atoms with Crippen LogP contribution in [0.4, 0.5) is 19.0 Å². The van der Waals surface area contributed by atoms with Gasteiger partial charge < -0.3 is 10.2 Å². The summed E-state index contributed by atoms with van der Waals surface area (Å²) < 4.78 is 38.3. The molecule has 1 N–H and O–H groups in total. The lowest BCUT2D eigenvalue weighted by Crippen LogP contribution is -2.43. The Kier molecular flexibility index (Phi) is 5.70. The minimum absolute atomic E-state index is 0.0743. The quantitative estimate of drug-likeness (QED) is 0.881. The fourth-order valence-corrected chi connectivity index (χ4v) is 3.19. The molecule has 0 aliphatic carbocycles. The first kappa shape index (κ1) is 18.6. The van der Waals surface area contributed by atoms with Crippen molar-refractivity contribution in [1.29, 1.82) is 0 Å². The summed E-state index contributed by atoms with van der Waals surface area (Å²) in [6.45, 7) is 4.62. The number of hydrogen-bond donors (Lipinski definition) is 1. The monoisotopic (exact) mass is 365 g/mol. The Hall–Kier alpha value is -2.22. The van der Waals surface area contributed by atoms with E-state index in [0.29, 0.717) is 0 Å². The number of aromatic nitrogens is 3. The second-order valence-electron chi connectivity index (χ2n) is 6.59. The molecule has 0 aromatic carbocycles. The third-order valence-corrected chi connectivity index (χ3v) is 4.45. The SMILES string of the molecule is Cc1cccc(CCN2CCCC(Nc3cc(C(F)(F)F)ncn3)C2)n1. The van der Waals surface area contributed by atoms with Gasteiger partial charge in [-0.15, -0.1) is 0 Å². The lowest BCUT2D eigenvalue weighted by molar-refractivity contribution is -0.141. The number of hydrogen-bond acceptors (Lipinski definition) is 5. The van der Waals surface area contributed by atoms with Gasteiger partial charge >= 0.3 is 6.18 Å². The van der Waals surface area contributed by atoms with Gasteiger partial charge in [0, 0.05) is 43.0 Å². The Balaban J connectivity index is 1.55. The van der Waals surface area contributed by atoms with Crippen molar-refractivity contribution in [2.24, 2.45) is 0 Å². The van der Waals surface area contributed by atoms with Crippen LogP contribution in [-0.2, 0) is 12.6 Å². The molecule has 2 aromatic rings. The maximum absolute atomic E-state index is 12.8. The molecular formula is C18H22F3N5. The highest BCUT2D eigenvalue weighted by atomic mass is 19.4. The zero-order chi connectivity index (χ0) is 18.6. The van der Waals surface area contributed by atoms with E-state index in [-0.39, 0.29) is 11.9 Å². The zero-order valence-electron chi connectivity index (χ0n) is 14.6. The Morgan fingerprint density at radius 1 is 1.27 bits per heavy atom. The molecule has 0 bridgehead atoms. The smallest absolute Gasteiger partial charge is 0.366 e. The molecular weight excluding hydrogens is 343 g/mol. The Labute approximate surface area is 150 Å². The summed E-state index contributed by atoms with van der Waals surface area (Å²) in [4.78, 5) is 14.0. The molecule has 1 saturated heterocycles. The number of nitrogens with zero attached hydrogens (tertiary/aromatic N) is 4. The first-order chi connectivity index (χ1) is 12.4. The number of nitrogens with one attached hydrogen (secondary N) is 1. The molecule has 3 rings (SSSR count). The Morgan fingerprint density at radius 3 is 2.88 bits per heavy atom. The number of aryl methyl sites for hydroxylation is 1. The van der Waals surface area contributed by atoms with Crippen molar-refractivity contribution in [2.45, 2.75) is 38.4 Å². The van der Waals surface area contributed by atoms with Gasteiger partial charge in [0.1, 0.15) is 17.8 Å². The molecule has 26 heavy (non-hydrogen) atoms. The van der Waals surface area contributed by atoms with Crippen molar-refractivity contribution in [1.82, 2.24) is 19.9 Å². The van der Waals surface area contributed by atoms with E-state index in [0.717, 1.165) is 62.7 Å². The van der Waals surface area contributed by atoms with Gasteiger partial charge in [0.2, 0.25) is 0 Å². The molecule has 0 radical (unpaired) electrons. The van der Waals surface area contributed by atoms with Crippen LogP contribution in [0.2, 0.25) is 0 Å². The molecule has 1 unspecified atom stereocenters. The van der Waals surface area contributed by atoms with Gasteiger partial charge in [-0.25, -0.2) is 9.97 Å². The third-order valence-electron chi connectivity index (χ3n) is 4.45. The van der Waals surface area contributed by atoms with Crippen LogP contribution < -0.4 is 5.32 Å². The van der Waals surface area contributed by atoms with Crippen LogP contribution in [0.5, 0.6) is 0 Å². The number of rotatable bonds is 5. The van der Waals surface area contributed by atoms with Crippen molar-refractivity contribution in [3.8, 4) is 0 Å². The maximum Gasteiger partial charge on any atom is 0.433 e. The summed E-state index contributed by atoms with van der Waals surface area (Å²) in [7, 11) is 0. The Morgan fingerprint density at radius 2 is 2.12 bits per heavy atom. The zero-order valence-corrected chi connectivity index (χ0v) is 14.6. The first-order valence-electron chi connectivity index (χ1n) is 8.71. The van der Waals surface area contributed by atoms with E-state index >= 15 is 0 Å². The molecule has 0 saturated carbocycles. The molecule has 1 atom stereocenters. The van der Waals surface area contributed by atoms with Crippen LogP contribution in [0, 0.1) is 6.92 Å². The molecule has 1 aliphatic rings. The maximum atomic E-state index is 12.8. The highest BCUT2D eigenvalue weighted by Gasteiger charge is 2.33. The molecule has 2 aromatic heterocycles. The summed E-state index contributed by atoms with van der Waals surface area (Å²) in [6.07, 6.45) is -0.741. The van der Waals surface area contributed by atoms with E-state index in [1.165, 1.54) is 0 Å². The van der Waals surface area contributed by atoms with Crippen LogP contribution in [-0.4, -0.2) is 45.5 Å². The van der Waals surface area contributed by atoms with Crippen LogP contribution in [0.1, 0.15) is 29.9 Å². The molecule has 140 valence electrons. The van der Waals surface area contributed by atoms with Gasteiger partial charge in [-0.3, -0.25) is 4.98 Å². The summed E-state index contributed by atoms with van der Waals surface area (Å²) >= 11 is 0. The molecule has 5 nitrogen and oxygen atoms in total. The van der Waals surface area contributed by atoms with Gasteiger partial charge in [0.25, 0.3) is 0 Å². The summed E-state index contributed by atoms with van der Waals surface area (Å²) in [5.41, 5.74) is 1.14. The molecule has 0 amide bonds. The molecule has 1 fully saturated rings. The number of pyridine rings is 1. The highest BCUT2D eigenvalue weighted by molar-refractivity contribution is 5.37. The van der Waals surface area contributed by atoms with E-state index in [4.69, 9.17) is 0 Å². The van der Waals surface area contributed by atoms with E-state index in [9.17, 15) is 13.2 Å². The minimum Gasteiger partial charge on any atom is -0.366 e. The summed E-state index contributed by atoms with van der Waals surface area (Å²) in [6, 6.07) is 7.04. The fourth-order valence-electron chi connectivity index (χ4n) is 3.19. The van der Waals surface area contributed by atoms with Crippen molar-refractivity contribution < 1.29 is 13.2 Å². The fraction of sp³-hybridized carbons (Fsp3) is 0.500. The molecule has 3 heterocycles. The number of anilines is 1. The number of alkyl halides is 3. The number of piperidine rings is 1. The summed E-state index contributed by atoms with van der Waals surface area (Å²) in [5.74, 6) is 0.222. The standard InChI is InChI=1S/C18H22F3N5/c1-13-4-2-5-14(24-13)7-9-26-8-3-6-15(11-26)25-17-10-16(18(19,20)21)22-12-23-17/h2,4-5,10,12,15H,3,6-9,11H2,1H3,(H,22,23,25). The van der Waals surface area contributed by atoms with Crippen LogP contribution in [0.15, 0.2) is 30.6 Å². The second kappa shape index (κ2) is 7.99. The average Bonchev–Trinajstić information content (AvgIpc) is 2.60. The van der Waals surface area contributed by atoms with Gasteiger partial charge in [0.05, 0.1) is 0 Å². The number of likely N-dealkylation sites (tertiary alicyclic amines) is 1. The van der Waals surface area contributed by atoms with Gasteiger partial charge in [-0.2, -0.15) is 13.2 Å². The normalized spacial score (nSPS) is 18.7. The molecule has 0 spiro atoms. The number of halogens is 3. The Bertz CT molecular complexity index is 735. The van der Waals surface area contributed by atoms with Crippen LogP contribution >= 0.6 is 0 Å². The van der Waals surface area contributed by atoms with Crippen molar-refractivity contribution in [2.75, 3.05) is 25.0 Å². The van der Waals surface area contributed by atoms with Gasteiger partial charge in [-0.1, -0.05) is 6.07 Å². The van der Waals surface area contributed by atoms with Crippen molar-refractivity contribution in [3.63, 3.8) is 0 Å². The predicted molar refractivity (Wildman–Crippen MR) is 92.8 cm³/mol. The largest absolute Gasteiger partial charge is 0.433 e. The van der Waals surface area contributed by atoms with Gasteiger partial charge in [-0.05, 0) is 38.4 Å². The minimum atomic E-state index is -4.46. The van der Waals surface area contributed by atoms with E-state index < -0.39 is 11.9 Å². The molecule has 8 heteroatoms. The summed E-state index contributed by atoms with van der Waals surface area (Å²) in [5, 5.41) is 3.12. The van der Waals surface area contributed by atoms with E-state index in [1.54, 1.807) is 0 Å². The van der Waals surface area contributed by atoms with Gasteiger partial charge in [0.15, 0.2) is 0 Å². The average molecular weight is 365 g/mol. The van der Waals surface area contributed by atoms with Crippen molar-refractivity contribution >= 4 is 5.82 Å². The topological polar surface area (TPSA) is 53.9 Å². The predicted octanol–water partition coefficient (Wildman–Crippen LogP) is 3.32. The highest BCUT2D eigenvalue weighted by Crippen LogP contribution is 2.28. The first-order valence-corrected chi connectivity index (χ1v) is 8.71. The lowest BCUT2D eigenvalue weighted by atomic mass is 10.1. The second-order valence-corrected chi connectivity index (χ2v) is 6.59. The van der Waals surface area contributed by atoms with Crippen molar-refractivity contribution in [3.05, 3.63) is 47.7 Å². The van der Waals surface area contributed by atoms with E-state index in [2.05, 4.69) is 25.2 Å².